The van der Waals surface area contributed by atoms with E-state index in [4.69, 9.17) is 15.0 Å². The normalized spacial score (nSPS) is 19.2. The molecule has 2 aliphatic carbocycles. The van der Waals surface area contributed by atoms with E-state index in [1.54, 1.807) is 0 Å². The summed E-state index contributed by atoms with van der Waals surface area (Å²) in [6, 6.07) is 34.1. The summed E-state index contributed by atoms with van der Waals surface area (Å²) in [5.41, 5.74) is 9.78. The van der Waals surface area contributed by atoms with Gasteiger partial charge in [0.05, 0.1) is 6.04 Å². The first-order valence-corrected chi connectivity index (χ1v) is 13.9. The van der Waals surface area contributed by atoms with Gasteiger partial charge in [-0.15, -0.1) is 0 Å². The van der Waals surface area contributed by atoms with Crippen LogP contribution in [0.25, 0.3) is 33.9 Å². The first-order valence-electron chi connectivity index (χ1n) is 13.9. The van der Waals surface area contributed by atoms with Crippen LogP contribution >= 0.6 is 0 Å². The monoisotopic (exact) mass is 516 g/mol. The van der Waals surface area contributed by atoms with Crippen molar-refractivity contribution in [3.63, 3.8) is 0 Å². The third-order valence-electron chi connectivity index (χ3n) is 8.66. The summed E-state index contributed by atoms with van der Waals surface area (Å²) >= 11 is 0. The lowest BCUT2D eigenvalue weighted by Crippen LogP contribution is -2.30. The smallest absolute Gasteiger partial charge is 0.234 e. The Morgan fingerprint density at radius 1 is 0.625 bits per heavy atom. The molecular weight excluding hydrogens is 488 g/mol. The summed E-state index contributed by atoms with van der Waals surface area (Å²) in [5.74, 6) is 2.25. The fourth-order valence-electron chi connectivity index (χ4n) is 6.67. The molecule has 2 atom stereocenters. The molecule has 0 amide bonds. The molecule has 4 heteroatoms. The van der Waals surface area contributed by atoms with Gasteiger partial charge in [-0.3, -0.25) is 0 Å². The molecule has 0 N–H and O–H groups in total. The summed E-state index contributed by atoms with van der Waals surface area (Å²) in [7, 11) is 0. The molecular formula is C36H28N4. The molecule has 4 aromatic carbocycles. The summed E-state index contributed by atoms with van der Waals surface area (Å²) in [6.07, 6.45) is 8.91. The quantitative estimate of drug-likeness (QED) is 0.242. The molecule has 4 nitrogen and oxygen atoms in total. The summed E-state index contributed by atoms with van der Waals surface area (Å²) in [5, 5.41) is 0. The number of nitrogens with zero attached hydrogens (tertiary/aromatic N) is 4. The first kappa shape index (κ1) is 23.1. The fourth-order valence-corrected chi connectivity index (χ4v) is 6.67. The van der Waals surface area contributed by atoms with E-state index >= 15 is 0 Å². The molecule has 8 rings (SSSR count). The zero-order chi connectivity index (χ0) is 26.8. The largest absolute Gasteiger partial charge is 0.302 e. The lowest BCUT2D eigenvalue weighted by atomic mass is 9.81. The summed E-state index contributed by atoms with van der Waals surface area (Å²) in [4.78, 5) is 17.5. The van der Waals surface area contributed by atoms with Gasteiger partial charge in [0, 0.05) is 28.1 Å². The Labute approximate surface area is 234 Å². The molecule has 0 fully saturated rings. The highest BCUT2D eigenvalue weighted by molar-refractivity contribution is 5.86. The molecule has 0 saturated heterocycles. The molecule has 0 spiro atoms. The van der Waals surface area contributed by atoms with Crippen molar-refractivity contribution in [1.29, 1.82) is 0 Å². The zero-order valence-corrected chi connectivity index (χ0v) is 22.5. The van der Waals surface area contributed by atoms with Crippen molar-refractivity contribution < 1.29 is 0 Å². The molecule has 1 aliphatic heterocycles. The minimum Gasteiger partial charge on any atom is -0.302 e. The molecule has 5 aromatic rings. The van der Waals surface area contributed by atoms with Crippen molar-refractivity contribution in [1.82, 2.24) is 15.0 Å². The van der Waals surface area contributed by atoms with Crippen LogP contribution in [-0.4, -0.2) is 21.0 Å². The third kappa shape index (κ3) is 3.35. The minimum atomic E-state index is -0.0877. The molecule has 40 heavy (non-hydrogen) atoms. The fraction of sp³-hybridized carbons (Fsp3) is 0.139. The van der Waals surface area contributed by atoms with Crippen LogP contribution in [0.15, 0.2) is 121 Å². The average Bonchev–Trinajstić information content (AvgIpc) is 3.45. The van der Waals surface area contributed by atoms with Crippen LogP contribution in [-0.2, 0) is 5.41 Å². The Morgan fingerprint density at radius 2 is 1.25 bits per heavy atom. The van der Waals surface area contributed by atoms with Crippen LogP contribution in [0.4, 0.5) is 11.6 Å². The summed E-state index contributed by atoms with van der Waals surface area (Å²) < 4.78 is 0. The molecule has 0 radical (unpaired) electrons. The van der Waals surface area contributed by atoms with Gasteiger partial charge in [0.25, 0.3) is 0 Å². The van der Waals surface area contributed by atoms with Crippen molar-refractivity contribution >= 4 is 11.6 Å². The highest BCUT2D eigenvalue weighted by Crippen LogP contribution is 2.55. The van der Waals surface area contributed by atoms with E-state index in [2.05, 4.69) is 104 Å². The van der Waals surface area contributed by atoms with E-state index in [0.29, 0.717) is 17.6 Å². The van der Waals surface area contributed by atoms with Gasteiger partial charge < -0.3 is 4.90 Å². The van der Waals surface area contributed by atoms with Crippen LogP contribution in [0.3, 0.4) is 0 Å². The number of hydrogen-bond acceptors (Lipinski definition) is 4. The van der Waals surface area contributed by atoms with Crippen LogP contribution in [0.2, 0.25) is 0 Å². The van der Waals surface area contributed by atoms with Gasteiger partial charge in [0.15, 0.2) is 11.6 Å². The number of allylic oxidation sites excluding steroid dienone is 2. The van der Waals surface area contributed by atoms with Crippen LogP contribution in [0.1, 0.15) is 36.5 Å². The number of fused-ring (bicyclic) bond motifs is 6. The second-order valence-electron chi connectivity index (χ2n) is 11.3. The van der Waals surface area contributed by atoms with Crippen LogP contribution < -0.4 is 4.90 Å². The SMILES string of the molecule is CC1(C)c2ccccc2-c2cc3c(cc21)N(c1nc(-c2ccccc2)nc(-c2ccccc2)n1)C1C=CC=CC31. The van der Waals surface area contributed by atoms with Gasteiger partial charge in [-0.05, 0) is 39.9 Å². The van der Waals surface area contributed by atoms with Crippen LogP contribution in [0, 0.1) is 0 Å². The molecule has 0 bridgehead atoms. The van der Waals surface area contributed by atoms with Gasteiger partial charge in [0.2, 0.25) is 5.95 Å². The lowest BCUT2D eigenvalue weighted by Gasteiger charge is -2.28. The molecule has 3 aliphatic rings. The van der Waals surface area contributed by atoms with E-state index in [1.807, 2.05) is 36.4 Å². The van der Waals surface area contributed by atoms with Gasteiger partial charge in [-0.2, -0.15) is 9.97 Å². The maximum absolute atomic E-state index is 5.12. The Bertz CT molecular complexity index is 1780. The Balaban J connectivity index is 1.36. The second-order valence-corrected chi connectivity index (χ2v) is 11.3. The predicted octanol–water partition coefficient (Wildman–Crippen LogP) is 8.24. The van der Waals surface area contributed by atoms with Gasteiger partial charge in [0.1, 0.15) is 0 Å². The van der Waals surface area contributed by atoms with E-state index in [-0.39, 0.29) is 17.4 Å². The molecule has 1 aromatic heterocycles. The Morgan fingerprint density at radius 3 is 1.95 bits per heavy atom. The number of benzene rings is 4. The van der Waals surface area contributed by atoms with Crippen LogP contribution in [0.5, 0.6) is 0 Å². The highest BCUT2D eigenvalue weighted by Gasteiger charge is 2.43. The van der Waals surface area contributed by atoms with E-state index in [0.717, 1.165) is 11.1 Å². The molecule has 2 heterocycles. The average molecular weight is 517 g/mol. The van der Waals surface area contributed by atoms with Crippen molar-refractivity contribution in [2.45, 2.75) is 31.2 Å². The summed E-state index contributed by atoms with van der Waals surface area (Å²) in [6.45, 7) is 4.67. The van der Waals surface area contributed by atoms with Crippen molar-refractivity contribution in [3.05, 3.63) is 138 Å². The topological polar surface area (TPSA) is 41.9 Å². The maximum atomic E-state index is 5.12. The second kappa shape index (κ2) is 8.59. The standard InChI is InChI=1S/C36H28N4/c1-36(2)29-19-11-9-17-25(29)27-21-28-26-18-10-12-20-31(26)40(32(28)22-30(27)36)35-38-33(23-13-5-3-6-14-23)37-34(39-35)24-15-7-4-8-16-24/h3-22,26,31H,1-2H3. The maximum Gasteiger partial charge on any atom is 0.234 e. The van der Waals surface area contributed by atoms with E-state index in [9.17, 15) is 0 Å². The van der Waals surface area contributed by atoms with Crippen molar-refractivity contribution in [2.24, 2.45) is 0 Å². The third-order valence-corrected chi connectivity index (χ3v) is 8.66. The number of hydrogen-bond donors (Lipinski definition) is 0. The number of rotatable bonds is 3. The van der Waals surface area contributed by atoms with Gasteiger partial charge in [-0.1, -0.05) is 123 Å². The molecule has 0 saturated carbocycles. The van der Waals surface area contributed by atoms with Gasteiger partial charge >= 0.3 is 0 Å². The van der Waals surface area contributed by atoms with Gasteiger partial charge in [-0.25, -0.2) is 4.98 Å². The Kier molecular flexibility index (Phi) is 4.96. The number of anilines is 2. The Hall–Kier alpha value is -4.83. The zero-order valence-electron chi connectivity index (χ0n) is 22.5. The first-order chi connectivity index (χ1) is 19.6. The van der Waals surface area contributed by atoms with Crippen molar-refractivity contribution in [3.8, 4) is 33.9 Å². The minimum absolute atomic E-state index is 0.0877. The lowest BCUT2D eigenvalue weighted by molar-refractivity contribution is 0.660. The van der Waals surface area contributed by atoms with E-state index < -0.39 is 0 Å². The number of aromatic nitrogens is 3. The molecule has 192 valence electrons. The predicted molar refractivity (Wildman–Crippen MR) is 162 cm³/mol. The highest BCUT2D eigenvalue weighted by atomic mass is 15.3. The van der Waals surface area contributed by atoms with Crippen molar-refractivity contribution in [2.75, 3.05) is 4.90 Å². The van der Waals surface area contributed by atoms with E-state index in [1.165, 1.54) is 33.5 Å². The molecule has 2 unspecified atom stereocenters.